The van der Waals surface area contributed by atoms with Gasteiger partial charge in [-0.25, -0.2) is 0 Å². The van der Waals surface area contributed by atoms with Crippen LogP contribution in [0.2, 0.25) is 0 Å². The van der Waals surface area contributed by atoms with Crippen molar-refractivity contribution in [2.45, 2.75) is 12.8 Å². The van der Waals surface area contributed by atoms with Crippen molar-refractivity contribution in [1.29, 1.82) is 0 Å². The minimum atomic E-state index is 0.248. The molecule has 76 valence electrons. The number of ether oxygens (including phenoxy) is 1. The standard InChI is InChI=1S/C13H12O2/c14-12-6-10-5-9-3-1-2-4-13(9)15-8-11(10)7-12/h1-4,7,10H,5-6,8H2. The quantitative estimate of drug-likeness (QED) is 0.641. The minimum Gasteiger partial charge on any atom is -0.489 e. The van der Waals surface area contributed by atoms with Crippen LogP contribution in [0.4, 0.5) is 0 Å². The molecule has 1 atom stereocenters. The second kappa shape index (κ2) is 3.23. The number of benzene rings is 1. The van der Waals surface area contributed by atoms with Crippen LogP contribution in [0.15, 0.2) is 35.9 Å². The summed E-state index contributed by atoms with van der Waals surface area (Å²) in [5.74, 6) is 1.60. The van der Waals surface area contributed by atoms with Gasteiger partial charge in [0.25, 0.3) is 0 Å². The number of para-hydroxylation sites is 1. The Hall–Kier alpha value is -1.57. The zero-order valence-corrected chi connectivity index (χ0v) is 8.40. The molecule has 15 heavy (non-hydrogen) atoms. The molecule has 0 N–H and O–H groups in total. The highest BCUT2D eigenvalue weighted by Gasteiger charge is 2.28. The molecule has 1 unspecified atom stereocenters. The number of carbonyl (C=O) groups is 1. The number of carbonyl (C=O) groups excluding carboxylic acids is 1. The van der Waals surface area contributed by atoms with E-state index in [0.717, 1.165) is 17.7 Å². The summed E-state index contributed by atoms with van der Waals surface area (Å²) in [5.41, 5.74) is 2.39. The third-order valence-electron chi connectivity index (χ3n) is 3.15. The lowest BCUT2D eigenvalue weighted by atomic mass is 9.94. The SMILES string of the molecule is O=C1C=C2COc3ccccc3CC2C1. The van der Waals surface area contributed by atoms with Gasteiger partial charge in [-0.05, 0) is 35.6 Å². The number of rotatable bonds is 0. The smallest absolute Gasteiger partial charge is 0.156 e. The van der Waals surface area contributed by atoms with Gasteiger partial charge in [0.2, 0.25) is 0 Å². The van der Waals surface area contributed by atoms with Crippen molar-refractivity contribution in [2.24, 2.45) is 5.92 Å². The van der Waals surface area contributed by atoms with Crippen LogP contribution in [0.1, 0.15) is 12.0 Å². The molecule has 0 fully saturated rings. The summed E-state index contributed by atoms with van der Waals surface area (Å²) in [7, 11) is 0. The van der Waals surface area contributed by atoms with Gasteiger partial charge in [0.05, 0.1) is 0 Å². The number of hydrogen-bond donors (Lipinski definition) is 0. The van der Waals surface area contributed by atoms with Crippen molar-refractivity contribution in [3.05, 3.63) is 41.5 Å². The number of ketones is 1. The lowest BCUT2D eigenvalue weighted by Crippen LogP contribution is -2.06. The molecule has 1 aliphatic carbocycles. The van der Waals surface area contributed by atoms with Crippen LogP contribution in [0, 0.1) is 5.92 Å². The van der Waals surface area contributed by atoms with Crippen LogP contribution in [0.5, 0.6) is 5.75 Å². The average molecular weight is 200 g/mol. The third kappa shape index (κ3) is 1.46. The zero-order valence-electron chi connectivity index (χ0n) is 8.40. The molecule has 1 aromatic rings. The molecule has 0 aromatic heterocycles. The van der Waals surface area contributed by atoms with Gasteiger partial charge >= 0.3 is 0 Å². The van der Waals surface area contributed by atoms with E-state index in [4.69, 9.17) is 4.74 Å². The Morgan fingerprint density at radius 2 is 2.07 bits per heavy atom. The maximum atomic E-state index is 11.3. The van der Waals surface area contributed by atoms with Crippen LogP contribution >= 0.6 is 0 Å². The van der Waals surface area contributed by atoms with Crippen LogP contribution < -0.4 is 4.74 Å². The van der Waals surface area contributed by atoms with Gasteiger partial charge in [0.1, 0.15) is 12.4 Å². The molecule has 1 aromatic carbocycles. The fourth-order valence-corrected chi connectivity index (χ4v) is 2.36. The summed E-state index contributed by atoms with van der Waals surface area (Å²) in [6.07, 6.45) is 3.36. The lowest BCUT2D eigenvalue weighted by molar-refractivity contribution is -0.114. The molecule has 0 spiro atoms. The first-order chi connectivity index (χ1) is 7.33. The van der Waals surface area contributed by atoms with Gasteiger partial charge in [0, 0.05) is 6.42 Å². The largest absolute Gasteiger partial charge is 0.489 e. The van der Waals surface area contributed by atoms with E-state index in [2.05, 4.69) is 6.07 Å². The Morgan fingerprint density at radius 1 is 1.20 bits per heavy atom. The first kappa shape index (κ1) is 8.72. The number of fused-ring (bicyclic) bond motifs is 2. The predicted octanol–water partition coefficient (Wildman–Crippen LogP) is 2.14. The molecule has 0 bridgehead atoms. The highest BCUT2D eigenvalue weighted by molar-refractivity contribution is 5.93. The van der Waals surface area contributed by atoms with Crippen molar-refractivity contribution in [1.82, 2.24) is 0 Å². The van der Waals surface area contributed by atoms with E-state index in [1.807, 2.05) is 18.2 Å². The highest BCUT2D eigenvalue weighted by Crippen LogP contribution is 2.34. The Kier molecular flexibility index (Phi) is 1.88. The zero-order chi connectivity index (χ0) is 10.3. The Bertz CT molecular complexity index is 446. The first-order valence-electron chi connectivity index (χ1n) is 5.27. The van der Waals surface area contributed by atoms with E-state index >= 15 is 0 Å². The highest BCUT2D eigenvalue weighted by atomic mass is 16.5. The molecular formula is C13H12O2. The molecule has 3 rings (SSSR count). The second-order valence-electron chi connectivity index (χ2n) is 4.19. The number of hydrogen-bond acceptors (Lipinski definition) is 2. The lowest BCUT2D eigenvalue weighted by Gasteiger charge is -2.07. The molecule has 2 aliphatic rings. The van der Waals surface area contributed by atoms with Gasteiger partial charge < -0.3 is 4.74 Å². The molecule has 2 heteroatoms. The summed E-state index contributed by atoms with van der Waals surface area (Å²) in [4.78, 5) is 11.3. The Morgan fingerprint density at radius 3 is 3.00 bits per heavy atom. The van der Waals surface area contributed by atoms with Crippen molar-refractivity contribution < 1.29 is 9.53 Å². The molecule has 0 radical (unpaired) electrons. The maximum absolute atomic E-state index is 11.3. The molecule has 1 heterocycles. The van der Waals surface area contributed by atoms with Crippen LogP contribution in [-0.2, 0) is 11.2 Å². The third-order valence-corrected chi connectivity index (χ3v) is 3.15. The van der Waals surface area contributed by atoms with Crippen LogP contribution in [0.3, 0.4) is 0 Å². The van der Waals surface area contributed by atoms with E-state index in [-0.39, 0.29) is 5.78 Å². The summed E-state index contributed by atoms with van der Waals surface area (Å²) in [5, 5.41) is 0. The molecule has 0 saturated carbocycles. The van der Waals surface area contributed by atoms with Crippen molar-refractivity contribution in [3.8, 4) is 5.75 Å². The van der Waals surface area contributed by atoms with Gasteiger partial charge in [-0.3, -0.25) is 4.79 Å². The molecule has 0 saturated heterocycles. The topological polar surface area (TPSA) is 26.3 Å². The van der Waals surface area contributed by atoms with Crippen molar-refractivity contribution in [2.75, 3.05) is 6.61 Å². The van der Waals surface area contributed by atoms with Crippen LogP contribution in [0.25, 0.3) is 0 Å². The van der Waals surface area contributed by atoms with Gasteiger partial charge in [-0.2, -0.15) is 0 Å². The Balaban J connectivity index is 1.98. The maximum Gasteiger partial charge on any atom is 0.156 e. The van der Waals surface area contributed by atoms with Crippen LogP contribution in [-0.4, -0.2) is 12.4 Å². The van der Waals surface area contributed by atoms with Gasteiger partial charge in [-0.1, -0.05) is 18.2 Å². The summed E-state index contributed by atoms with van der Waals surface area (Å²) < 4.78 is 5.69. The van der Waals surface area contributed by atoms with E-state index < -0.39 is 0 Å². The summed E-state index contributed by atoms with van der Waals surface area (Å²) in [6, 6.07) is 8.09. The van der Waals surface area contributed by atoms with Crippen molar-refractivity contribution >= 4 is 5.78 Å². The fraction of sp³-hybridized carbons (Fsp3) is 0.308. The molecular weight excluding hydrogens is 188 g/mol. The van der Waals surface area contributed by atoms with Gasteiger partial charge in [0.15, 0.2) is 5.78 Å². The van der Waals surface area contributed by atoms with Crippen molar-refractivity contribution in [3.63, 3.8) is 0 Å². The average Bonchev–Trinajstić information content (AvgIpc) is 2.49. The first-order valence-corrected chi connectivity index (χ1v) is 5.27. The minimum absolute atomic E-state index is 0.248. The fourth-order valence-electron chi connectivity index (χ4n) is 2.36. The predicted molar refractivity (Wildman–Crippen MR) is 56.8 cm³/mol. The normalized spacial score (nSPS) is 23.6. The number of allylic oxidation sites excluding steroid dienone is 1. The monoisotopic (exact) mass is 200 g/mol. The summed E-state index contributed by atoms with van der Waals surface area (Å²) in [6.45, 7) is 0.577. The van der Waals surface area contributed by atoms with E-state index in [1.54, 1.807) is 6.08 Å². The van der Waals surface area contributed by atoms with Gasteiger partial charge in [-0.15, -0.1) is 0 Å². The van der Waals surface area contributed by atoms with E-state index in [9.17, 15) is 4.79 Å². The van der Waals surface area contributed by atoms with E-state index in [1.165, 1.54) is 5.56 Å². The van der Waals surface area contributed by atoms with E-state index in [0.29, 0.717) is 18.9 Å². The second-order valence-corrected chi connectivity index (χ2v) is 4.19. The Labute approximate surface area is 88.6 Å². The molecule has 1 aliphatic heterocycles. The summed E-state index contributed by atoms with van der Waals surface area (Å²) >= 11 is 0. The molecule has 0 amide bonds. The molecule has 2 nitrogen and oxygen atoms in total.